The third-order valence-electron chi connectivity index (χ3n) is 17.7. The zero-order chi connectivity index (χ0) is 60.3. The van der Waals surface area contributed by atoms with E-state index in [1.807, 2.05) is 57.2 Å². The summed E-state index contributed by atoms with van der Waals surface area (Å²) in [6.45, 7) is 10.8. The summed E-state index contributed by atoms with van der Waals surface area (Å²) in [5.41, 5.74) is 7.46. The number of carbonyl (C=O) groups excluding carboxylic acids is 4. The second-order valence-electron chi connectivity index (χ2n) is 21.9. The van der Waals surface area contributed by atoms with Gasteiger partial charge in [-0.3, -0.25) is 24.2 Å². The Balaban J connectivity index is 0.000000298. The number of nitrogen functional groups attached to an aromatic ring is 2. The molecule has 11 rings (SSSR count). The smallest absolute Gasteiger partial charge is 0.344 e. The lowest BCUT2D eigenvalue weighted by Crippen LogP contribution is -2.81. The van der Waals surface area contributed by atoms with Gasteiger partial charge in [-0.25, -0.2) is 4.79 Å². The predicted molar refractivity (Wildman–Crippen MR) is 317 cm³/mol. The number of methoxy groups -OCH3 is 3. The molecular weight excluding hydrogens is 1180 g/mol. The van der Waals surface area contributed by atoms with Gasteiger partial charge in [0.25, 0.3) is 0 Å². The highest BCUT2D eigenvalue weighted by molar-refractivity contribution is 6.55. The van der Waals surface area contributed by atoms with Crippen molar-refractivity contribution >= 4 is 117 Å². The summed E-state index contributed by atoms with van der Waals surface area (Å²) in [6, 6.07) is 9.97. The van der Waals surface area contributed by atoms with E-state index in [1.165, 1.54) is 33.2 Å². The number of H-pyrrole nitrogens is 1. The van der Waals surface area contributed by atoms with Gasteiger partial charge in [0, 0.05) is 84.7 Å². The number of nitrogens with two attached hydrogens (primary N) is 2. The average molecular weight is 1250 g/mol. The largest absolute Gasteiger partial charge is 0.505 e. The van der Waals surface area contributed by atoms with Gasteiger partial charge in [-0.2, -0.15) is 15.0 Å². The first-order valence-corrected chi connectivity index (χ1v) is 29.0. The van der Waals surface area contributed by atoms with Gasteiger partial charge in [0.1, 0.15) is 21.2 Å². The lowest BCUT2D eigenvalue weighted by atomic mass is 9.47. The van der Waals surface area contributed by atoms with Crippen LogP contribution in [0.1, 0.15) is 82.2 Å². The second kappa shape index (κ2) is 23.5. The number of aromatic amines is 1. The van der Waals surface area contributed by atoms with E-state index in [2.05, 4.69) is 41.1 Å². The summed E-state index contributed by atoms with van der Waals surface area (Å²) in [5.74, 6) is -1.75. The Kier molecular flexibility index (Phi) is 17.5. The molecular formula is C57H67Cl5N10O11. The van der Waals surface area contributed by atoms with Crippen molar-refractivity contribution in [1.29, 1.82) is 0 Å². The minimum absolute atomic E-state index is 0.00904. The summed E-state index contributed by atoms with van der Waals surface area (Å²) in [6.07, 6.45) is 5.83. The number of aromatic hydroxyl groups is 1. The number of fused-ring (bicyclic) bond motifs is 6. The van der Waals surface area contributed by atoms with Crippen LogP contribution in [0.15, 0.2) is 48.6 Å². The molecule has 3 aromatic carbocycles. The number of ether oxygens (including phenoxy) is 4. The number of hydrogen-bond acceptors (Lipinski definition) is 19. The molecule has 21 nitrogen and oxygen atoms in total. The van der Waals surface area contributed by atoms with Crippen LogP contribution in [-0.4, -0.2) is 159 Å². The van der Waals surface area contributed by atoms with Gasteiger partial charge < -0.3 is 60.9 Å². The summed E-state index contributed by atoms with van der Waals surface area (Å²) >= 11 is 27.9. The Labute approximate surface area is 504 Å². The number of rotatable bonds is 10. The molecule has 2 saturated heterocycles. The summed E-state index contributed by atoms with van der Waals surface area (Å²) in [4.78, 5) is 77.3. The van der Waals surface area contributed by atoms with Crippen LogP contribution in [0.5, 0.6) is 11.5 Å². The minimum atomic E-state index is -2.53. The Morgan fingerprint density at radius 3 is 2.13 bits per heavy atom. The zero-order valence-electron chi connectivity index (χ0n) is 46.8. The standard InChI is InChI=1S/C46H56N4O10.C6HCl5O.C5H10N6/c1-7-42(55)22-28-23-45(40(53)58-5,36-30(14-18-48(24-28)25-42)29-12-9-10-13-33(29)47-36)32-20-31-34(21-35(32)57-4)50(26-51)38-44(31)16-19-49-17-11-15-43(8-2,37(44)49)39(60-27(3)52)46(38,56)41(54)59-6;7-1-2(8)4(10)6(12)5(11)3(1)9;1-2-8-5-10-3(6)9-4(7)11-5/h9-13,15,20-21,26,28,37-39,47,55-56H,7-8,14,16-19,22-25H2,1-6H3;12H;2H2,1H3,(H5,6,7,8,9,10,11)/t28-,37+,38-,39-,42+,43-,44-,45+,46+;;/m1../s1. The minimum Gasteiger partial charge on any atom is -0.505 e. The van der Waals surface area contributed by atoms with Gasteiger partial charge in [0.2, 0.25) is 29.9 Å². The van der Waals surface area contributed by atoms with Crippen LogP contribution in [0, 0.1) is 11.3 Å². The van der Waals surface area contributed by atoms with E-state index >= 15 is 4.79 Å². The number of anilines is 4. The topological polar surface area (TPSA) is 294 Å². The lowest BCUT2D eigenvalue weighted by Gasteiger charge is -2.63. The van der Waals surface area contributed by atoms with Crippen molar-refractivity contribution in [3.05, 3.63) is 96.0 Å². The van der Waals surface area contributed by atoms with E-state index in [-0.39, 0.29) is 55.1 Å². The number of benzene rings is 3. The number of hydrogen-bond donors (Lipinski definition) is 7. The summed E-state index contributed by atoms with van der Waals surface area (Å²) < 4.78 is 23.7. The molecule has 26 heteroatoms. The molecule has 2 aromatic heterocycles. The molecule has 9 N–H and O–H groups in total. The molecule has 7 heterocycles. The molecule has 5 aliphatic heterocycles. The highest BCUT2D eigenvalue weighted by Crippen LogP contribution is 2.68. The zero-order valence-corrected chi connectivity index (χ0v) is 50.6. The van der Waals surface area contributed by atoms with Crippen molar-refractivity contribution in [2.24, 2.45) is 11.3 Å². The van der Waals surface area contributed by atoms with Crippen LogP contribution in [0.3, 0.4) is 0 Å². The van der Waals surface area contributed by atoms with Gasteiger partial charge in [0.15, 0.2) is 11.9 Å². The molecule has 1 amide bonds. The highest BCUT2D eigenvalue weighted by Gasteiger charge is 2.81. The highest BCUT2D eigenvalue weighted by atomic mass is 35.5. The van der Waals surface area contributed by atoms with Gasteiger partial charge in [-0.15, -0.1) is 0 Å². The molecule has 0 unspecified atom stereocenters. The Morgan fingerprint density at radius 2 is 1.53 bits per heavy atom. The van der Waals surface area contributed by atoms with Crippen molar-refractivity contribution in [1.82, 2.24) is 29.7 Å². The number of carbonyl (C=O) groups is 4. The summed E-state index contributed by atoms with van der Waals surface area (Å²) in [7, 11) is 4.09. The van der Waals surface area contributed by atoms with E-state index in [9.17, 15) is 29.7 Å². The second-order valence-corrected chi connectivity index (χ2v) is 23.8. The average Bonchev–Trinajstić information content (AvgIpc) is 1.55. The number of nitrogens with zero attached hydrogens (tertiary/aromatic N) is 6. The maximum Gasteiger partial charge on any atom is 0.344 e. The molecule has 446 valence electrons. The van der Waals surface area contributed by atoms with Crippen LogP contribution in [-0.2, 0) is 50.6 Å². The van der Waals surface area contributed by atoms with Gasteiger partial charge >= 0.3 is 17.9 Å². The molecule has 2 bridgehead atoms. The number of aromatic nitrogens is 4. The van der Waals surface area contributed by atoms with Crippen molar-refractivity contribution < 1.29 is 53.4 Å². The molecule has 0 radical (unpaired) electrons. The molecule has 6 aliphatic rings. The Bertz CT molecular complexity index is 3290. The SMILES string of the molecule is CCNc1nc(N)nc(N)n1.CC[C@]1(O)C[C@H]2C[N@](CCc3c([nH]c4ccccc34)[C@@](C(=O)OC)(c3cc4c(cc3OC)N(C=O)[C@H]3[C@@](O)(C(=O)OC)[C@H](OC(C)=O)[C@]5(CC)C=CCN6CC[C@]43[C@@H]65)C2)C1.Oc1c(Cl)c(Cl)c(Cl)c(Cl)c1Cl. The van der Waals surface area contributed by atoms with E-state index in [0.29, 0.717) is 105 Å². The maximum absolute atomic E-state index is 15.3. The molecule has 5 aromatic rings. The first-order chi connectivity index (χ1) is 39.4. The fourth-order valence-electron chi connectivity index (χ4n) is 14.6. The van der Waals surface area contributed by atoms with Crippen molar-refractivity contribution in [2.45, 2.75) is 106 Å². The third-order valence-corrected chi connectivity index (χ3v) is 19.9. The lowest BCUT2D eigenvalue weighted by molar-refractivity contribution is -0.228. The number of esters is 3. The Morgan fingerprint density at radius 1 is 0.867 bits per heavy atom. The normalized spacial score (nSPS) is 29.1. The number of amides is 1. The molecule has 1 saturated carbocycles. The van der Waals surface area contributed by atoms with E-state index in [1.54, 1.807) is 6.07 Å². The van der Waals surface area contributed by atoms with E-state index in [4.69, 9.17) is 88.4 Å². The van der Waals surface area contributed by atoms with Gasteiger partial charge in [-0.1, -0.05) is 102 Å². The fourth-order valence-corrected chi connectivity index (χ4v) is 15.7. The van der Waals surface area contributed by atoms with Crippen LogP contribution in [0.4, 0.5) is 23.5 Å². The number of piperidine rings is 1. The number of aliphatic hydroxyl groups is 2. The number of phenolic OH excluding ortho intramolecular Hbond substituents is 1. The molecule has 10 atom stereocenters. The number of para-hydroxylation sites is 1. The first-order valence-electron chi connectivity index (χ1n) is 27.2. The van der Waals surface area contributed by atoms with Crippen molar-refractivity contribution in [2.75, 3.05) is 82.3 Å². The quantitative estimate of drug-likeness (QED) is 0.0176. The molecule has 1 aliphatic carbocycles. The van der Waals surface area contributed by atoms with E-state index < -0.39 is 63.5 Å². The van der Waals surface area contributed by atoms with Gasteiger partial charge in [0.05, 0.1) is 53.7 Å². The number of phenols is 1. The predicted octanol–water partition coefficient (Wildman–Crippen LogP) is 7.64. The van der Waals surface area contributed by atoms with Crippen molar-refractivity contribution in [3.8, 4) is 11.5 Å². The van der Waals surface area contributed by atoms with Crippen LogP contribution < -0.4 is 26.4 Å². The molecule has 3 fully saturated rings. The number of halogens is 5. The molecule has 83 heavy (non-hydrogen) atoms. The summed E-state index contributed by atoms with van der Waals surface area (Å²) in [5, 5.41) is 38.1. The van der Waals surface area contributed by atoms with Crippen LogP contribution >= 0.6 is 58.0 Å². The van der Waals surface area contributed by atoms with Crippen LogP contribution in [0.2, 0.25) is 25.1 Å². The fraction of sp³-hybridized carbons (Fsp3) is 0.491. The van der Waals surface area contributed by atoms with Crippen LogP contribution in [0.25, 0.3) is 10.9 Å². The first kappa shape index (κ1) is 61.7. The molecule has 1 spiro atoms. The Hall–Kier alpha value is -5.88. The maximum atomic E-state index is 15.3. The monoisotopic (exact) mass is 1240 g/mol. The number of nitrogens with one attached hydrogen (secondary N) is 2. The van der Waals surface area contributed by atoms with Crippen molar-refractivity contribution in [3.63, 3.8) is 0 Å². The van der Waals surface area contributed by atoms with E-state index in [0.717, 1.165) is 23.0 Å². The van der Waals surface area contributed by atoms with Gasteiger partial charge in [-0.05, 0) is 81.2 Å². The third kappa shape index (κ3) is 9.94.